The molecule has 14 heavy (non-hydrogen) atoms. The van der Waals surface area contributed by atoms with E-state index in [1.54, 1.807) is 6.92 Å². The van der Waals surface area contributed by atoms with Gasteiger partial charge in [0.2, 0.25) is 0 Å². The lowest BCUT2D eigenvalue weighted by molar-refractivity contribution is -0.141. The second-order valence-corrected chi connectivity index (χ2v) is 4.62. The van der Waals surface area contributed by atoms with E-state index in [0.717, 1.165) is 5.92 Å². The van der Waals surface area contributed by atoms with Crippen LogP contribution in [0.2, 0.25) is 0 Å². The Hall–Kier alpha value is -0.570. The molecule has 0 spiro atoms. The molecule has 0 amide bonds. The zero-order valence-electron chi connectivity index (χ0n) is 9.12. The maximum Gasteiger partial charge on any atom is 0.307 e. The van der Waals surface area contributed by atoms with Crippen LogP contribution < -0.4 is 5.32 Å². The third-order valence-electron chi connectivity index (χ3n) is 3.07. The van der Waals surface area contributed by atoms with Crippen molar-refractivity contribution < 1.29 is 9.90 Å². The van der Waals surface area contributed by atoms with Gasteiger partial charge in [-0.15, -0.1) is 0 Å². The molecule has 1 aliphatic rings. The summed E-state index contributed by atoms with van der Waals surface area (Å²) in [5.74, 6) is -0.185. The Morgan fingerprint density at radius 3 is 2.86 bits per heavy atom. The van der Waals surface area contributed by atoms with E-state index in [2.05, 4.69) is 12.2 Å². The molecule has 2 N–H and O–H groups in total. The highest BCUT2D eigenvalue weighted by atomic mass is 16.4. The lowest BCUT2D eigenvalue weighted by atomic mass is 9.87. The first kappa shape index (κ1) is 11.5. The van der Waals surface area contributed by atoms with Gasteiger partial charge in [-0.05, 0) is 18.8 Å². The number of carboxylic acids is 1. The lowest BCUT2D eigenvalue weighted by Crippen LogP contribution is -2.37. The van der Waals surface area contributed by atoms with Crippen molar-refractivity contribution >= 4 is 5.97 Å². The summed E-state index contributed by atoms with van der Waals surface area (Å²) in [4.78, 5) is 10.6. The molecule has 3 atom stereocenters. The van der Waals surface area contributed by atoms with E-state index in [-0.39, 0.29) is 5.92 Å². The SMILES string of the molecule is CC1CCCC(NCC(C)C(=O)O)C1. The van der Waals surface area contributed by atoms with E-state index in [4.69, 9.17) is 5.11 Å². The topological polar surface area (TPSA) is 49.3 Å². The molecule has 1 fully saturated rings. The molecule has 0 aliphatic heterocycles. The van der Waals surface area contributed by atoms with Crippen LogP contribution in [-0.4, -0.2) is 23.7 Å². The monoisotopic (exact) mass is 199 g/mol. The predicted octanol–water partition coefficient (Wildman–Crippen LogP) is 1.88. The molecule has 82 valence electrons. The van der Waals surface area contributed by atoms with Gasteiger partial charge in [0.1, 0.15) is 0 Å². The van der Waals surface area contributed by atoms with E-state index in [1.165, 1.54) is 25.7 Å². The second-order valence-electron chi connectivity index (χ2n) is 4.62. The van der Waals surface area contributed by atoms with E-state index in [1.807, 2.05) is 0 Å². The number of hydrogen-bond donors (Lipinski definition) is 2. The Morgan fingerprint density at radius 1 is 1.57 bits per heavy atom. The van der Waals surface area contributed by atoms with Crippen molar-refractivity contribution in [2.45, 2.75) is 45.6 Å². The minimum absolute atomic E-state index is 0.271. The Bertz CT molecular complexity index is 194. The normalized spacial score (nSPS) is 29.9. The van der Waals surface area contributed by atoms with Gasteiger partial charge < -0.3 is 10.4 Å². The van der Waals surface area contributed by atoms with Crippen LogP contribution in [0.3, 0.4) is 0 Å². The summed E-state index contributed by atoms with van der Waals surface area (Å²) < 4.78 is 0. The molecule has 0 heterocycles. The third kappa shape index (κ3) is 3.66. The molecule has 1 aliphatic carbocycles. The number of nitrogens with one attached hydrogen (secondary N) is 1. The van der Waals surface area contributed by atoms with E-state index >= 15 is 0 Å². The van der Waals surface area contributed by atoms with Gasteiger partial charge >= 0.3 is 5.97 Å². The molecular formula is C11H21NO2. The Labute approximate surface area is 85.9 Å². The van der Waals surface area contributed by atoms with Crippen LogP contribution in [0.1, 0.15) is 39.5 Å². The smallest absolute Gasteiger partial charge is 0.307 e. The number of aliphatic carboxylic acids is 1. The van der Waals surface area contributed by atoms with Gasteiger partial charge in [-0.2, -0.15) is 0 Å². The zero-order chi connectivity index (χ0) is 10.6. The van der Waals surface area contributed by atoms with E-state index in [0.29, 0.717) is 12.6 Å². The molecule has 0 radical (unpaired) electrons. The molecule has 0 aromatic rings. The maximum absolute atomic E-state index is 10.6. The van der Waals surface area contributed by atoms with Crippen molar-refractivity contribution in [2.24, 2.45) is 11.8 Å². The fraction of sp³-hybridized carbons (Fsp3) is 0.909. The standard InChI is InChI=1S/C11H21NO2/c1-8-4-3-5-10(6-8)12-7-9(2)11(13)14/h8-10,12H,3-7H2,1-2H3,(H,13,14). The Balaban J connectivity index is 2.20. The molecule has 3 unspecified atom stereocenters. The summed E-state index contributed by atoms with van der Waals surface area (Å²) in [5, 5.41) is 12.1. The number of rotatable bonds is 4. The van der Waals surface area contributed by atoms with Crippen molar-refractivity contribution in [3.8, 4) is 0 Å². The van der Waals surface area contributed by atoms with E-state index < -0.39 is 5.97 Å². The molecular weight excluding hydrogens is 178 g/mol. The molecule has 1 saturated carbocycles. The third-order valence-corrected chi connectivity index (χ3v) is 3.07. The fourth-order valence-electron chi connectivity index (χ4n) is 2.05. The molecule has 0 bridgehead atoms. The van der Waals surface area contributed by atoms with Gasteiger partial charge in [0, 0.05) is 12.6 Å². The lowest BCUT2D eigenvalue weighted by Gasteiger charge is -2.28. The van der Waals surface area contributed by atoms with Crippen molar-refractivity contribution in [2.75, 3.05) is 6.54 Å². The largest absolute Gasteiger partial charge is 0.481 e. The quantitative estimate of drug-likeness (QED) is 0.726. The summed E-state index contributed by atoms with van der Waals surface area (Å²) in [6.45, 7) is 4.63. The fourth-order valence-corrected chi connectivity index (χ4v) is 2.05. The molecule has 3 nitrogen and oxygen atoms in total. The molecule has 0 aromatic heterocycles. The van der Waals surface area contributed by atoms with Crippen molar-refractivity contribution in [1.82, 2.24) is 5.32 Å². The van der Waals surface area contributed by atoms with Crippen LogP contribution in [0.5, 0.6) is 0 Å². The van der Waals surface area contributed by atoms with Gasteiger partial charge in [0.25, 0.3) is 0 Å². The van der Waals surface area contributed by atoms with Gasteiger partial charge in [0.05, 0.1) is 5.92 Å². The average Bonchev–Trinajstić information content (AvgIpc) is 2.14. The number of carbonyl (C=O) groups is 1. The highest BCUT2D eigenvalue weighted by Crippen LogP contribution is 2.23. The Kier molecular flexibility index (Phi) is 4.39. The first-order chi connectivity index (χ1) is 6.59. The zero-order valence-corrected chi connectivity index (χ0v) is 9.12. The summed E-state index contributed by atoms with van der Waals surface area (Å²) in [5.41, 5.74) is 0. The summed E-state index contributed by atoms with van der Waals surface area (Å²) in [6, 6.07) is 0.542. The highest BCUT2D eigenvalue weighted by molar-refractivity contribution is 5.69. The molecule has 0 aromatic carbocycles. The van der Waals surface area contributed by atoms with Gasteiger partial charge in [0.15, 0.2) is 0 Å². The minimum Gasteiger partial charge on any atom is -0.481 e. The molecule has 1 rings (SSSR count). The summed E-state index contributed by atoms with van der Waals surface area (Å²) in [6.07, 6.45) is 5.01. The molecule has 0 saturated heterocycles. The van der Waals surface area contributed by atoms with Crippen LogP contribution in [0.15, 0.2) is 0 Å². The van der Waals surface area contributed by atoms with Crippen LogP contribution >= 0.6 is 0 Å². The minimum atomic E-state index is -0.707. The van der Waals surface area contributed by atoms with Crippen molar-refractivity contribution in [1.29, 1.82) is 0 Å². The molecule has 3 heteroatoms. The van der Waals surface area contributed by atoms with Crippen molar-refractivity contribution in [3.63, 3.8) is 0 Å². The summed E-state index contributed by atoms with van der Waals surface area (Å²) in [7, 11) is 0. The average molecular weight is 199 g/mol. The Morgan fingerprint density at radius 2 is 2.29 bits per heavy atom. The van der Waals surface area contributed by atoms with Crippen LogP contribution in [0, 0.1) is 11.8 Å². The predicted molar refractivity (Wildman–Crippen MR) is 56.2 cm³/mol. The van der Waals surface area contributed by atoms with Gasteiger partial charge in [-0.25, -0.2) is 0 Å². The number of hydrogen-bond acceptors (Lipinski definition) is 2. The maximum atomic E-state index is 10.6. The van der Waals surface area contributed by atoms with Crippen LogP contribution in [0.4, 0.5) is 0 Å². The first-order valence-electron chi connectivity index (χ1n) is 5.55. The first-order valence-corrected chi connectivity index (χ1v) is 5.55. The van der Waals surface area contributed by atoms with E-state index in [9.17, 15) is 4.79 Å². The number of carboxylic acid groups (broad SMARTS) is 1. The van der Waals surface area contributed by atoms with Crippen molar-refractivity contribution in [3.05, 3.63) is 0 Å². The van der Waals surface area contributed by atoms with Gasteiger partial charge in [-0.1, -0.05) is 26.7 Å². The van der Waals surface area contributed by atoms with Crippen LogP contribution in [0.25, 0.3) is 0 Å². The second kappa shape index (κ2) is 5.35. The summed E-state index contributed by atoms with van der Waals surface area (Å²) >= 11 is 0. The van der Waals surface area contributed by atoms with Crippen LogP contribution in [-0.2, 0) is 4.79 Å². The highest BCUT2D eigenvalue weighted by Gasteiger charge is 2.19. The van der Waals surface area contributed by atoms with Gasteiger partial charge in [-0.3, -0.25) is 4.79 Å².